The highest BCUT2D eigenvalue weighted by atomic mass is 16.5. The summed E-state index contributed by atoms with van der Waals surface area (Å²) in [6.07, 6.45) is 2.23. The molecule has 0 fully saturated rings. The Kier molecular flexibility index (Phi) is 6.56. The number of aryl methyl sites for hydroxylation is 1. The molecule has 1 aromatic heterocycles. The highest BCUT2D eigenvalue weighted by molar-refractivity contribution is 5.30. The van der Waals surface area contributed by atoms with E-state index in [1.54, 1.807) is 0 Å². The molecule has 5 nitrogen and oxygen atoms in total. The molecule has 0 aromatic carbocycles. The molecule has 1 unspecified atom stereocenters. The Labute approximate surface area is 116 Å². The van der Waals surface area contributed by atoms with E-state index in [9.17, 15) is 0 Å². The number of hydrogen-bond donors (Lipinski definition) is 2. The van der Waals surface area contributed by atoms with Crippen LogP contribution in [0.4, 0.5) is 5.95 Å². The molecule has 1 heterocycles. The first-order chi connectivity index (χ1) is 9.05. The minimum Gasteiger partial charge on any atom is -0.475 e. The topological polar surface area (TPSA) is 73.1 Å². The third kappa shape index (κ3) is 5.87. The summed E-state index contributed by atoms with van der Waals surface area (Å²) in [5.74, 6) is 1.81. The molecule has 1 atom stereocenters. The van der Waals surface area contributed by atoms with Crippen LogP contribution in [0.25, 0.3) is 0 Å². The van der Waals surface area contributed by atoms with Crippen molar-refractivity contribution in [3.05, 3.63) is 11.8 Å². The summed E-state index contributed by atoms with van der Waals surface area (Å²) >= 11 is 0. The van der Waals surface area contributed by atoms with E-state index in [0.29, 0.717) is 17.7 Å². The molecule has 108 valence electrons. The Morgan fingerprint density at radius 3 is 2.68 bits per heavy atom. The van der Waals surface area contributed by atoms with Gasteiger partial charge in [-0.15, -0.1) is 0 Å². The van der Waals surface area contributed by atoms with E-state index >= 15 is 0 Å². The van der Waals surface area contributed by atoms with Gasteiger partial charge in [0.05, 0.1) is 6.10 Å². The predicted octanol–water partition coefficient (Wildman–Crippen LogP) is 2.36. The molecule has 1 rings (SSSR count). The van der Waals surface area contributed by atoms with Gasteiger partial charge in [-0.3, -0.25) is 0 Å². The van der Waals surface area contributed by atoms with Crippen LogP contribution in [-0.2, 0) is 0 Å². The van der Waals surface area contributed by atoms with E-state index in [4.69, 9.17) is 10.5 Å². The summed E-state index contributed by atoms with van der Waals surface area (Å²) in [5.41, 5.74) is 6.50. The quantitative estimate of drug-likeness (QED) is 0.755. The zero-order valence-corrected chi connectivity index (χ0v) is 12.4. The standard InChI is InChI=1S/C14H26N4O/c1-5-12(6-7-15)9-16-14-17-11(4)8-13(18-14)19-10(2)3/h8,10,12H,5-7,9,15H2,1-4H3,(H,16,17,18). The summed E-state index contributed by atoms with van der Waals surface area (Å²) < 4.78 is 5.61. The molecule has 19 heavy (non-hydrogen) atoms. The lowest BCUT2D eigenvalue weighted by Crippen LogP contribution is -2.19. The van der Waals surface area contributed by atoms with Crippen molar-refractivity contribution in [2.45, 2.75) is 46.6 Å². The van der Waals surface area contributed by atoms with Gasteiger partial charge in [0.15, 0.2) is 0 Å². The summed E-state index contributed by atoms with van der Waals surface area (Å²) in [6.45, 7) is 9.65. The minimum atomic E-state index is 0.114. The van der Waals surface area contributed by atoms with Crippen molar-refractivity contribution in [3.8, 4) is 5.88 Å². The second-order valence-corrected chi connectivity index (χ2v) is 5.07. The third-order valence-electron chi connectivity index (χ3n) is 2.89. The lowest BCUT2D eigenvalue weighted by molar-refractivity contribution is 0.232. The normalized spacial score (nSPS) is 12.5. The first-order valence-corrected chi connectivity index (χ1v) is 7.01. The average molecular weight is 266 g/mol. The van der Waals surface area contributed by atoms with Gasteiger partial charge in [-0.2, -0.15) is 4.98 Å². The second-order valence-electron chi connectivity index (χ2n) is 5.07. The van der Waals surface area contributed by atoms with E-state index in [1.807, 2.05) is 26.8 Å². The fourth-order valence-corrected chi connectivity index (χ4v) is 1.84. The minimum absolute atomic E-state index is 0.114. The molecule has 0 radical (unpaired) electrons. The smallest absolute Gasteiger partial charge is 0.226 e. The number of nitrogens with two attached hydrogens (primary N) is 1. The van der Waals surface area contributed by atoms with Crippen LogP contribution >= 0.6 is 0 Å². The van der Waals surface area contributed by atoms with Crippen LogP contribution in [0.1, 0.15) is 39.3 Å². The van der Waals surface area contributed by atoms with Gasteiger partial charge in [-0.25, -0.2) is 4.98 Å². The Balaban J connectivity index is 2.64. The molecule has 0 spiro atoms. The highest BCUT2D eigenvalue weighted by Gasteiger charge is 2.08. The molecular weight excluding hydrogens is 240 g/mol. The predicted molar refractivity (Wildman–Crippen MR) is 78.5 cm³/mol. The molecule has 3 N–H and O–H groups in total. The number of aromatic nitrogens is 2. The molecule has 0 saturated heterocycles. The van der Waals surface area contributed by atoms with Crippen LogP contribution < -0.4 is 15.8 Å². The van der Waals surface area contributed by atoms with E-state index in [2.05, 4.69) is 22.2 Å². The molecule has 0 aliphatic heterocycles. The van der Waals surface area contributed by atoms with Gasteiger partial charge in [0, 0.05) is 18.3 Å². The Bertz CT molecular complexity index is 382. The maximum atomic E-state index is 5.61. The zero-order chi connectivity index (χ0) is 14.3. The lowest BCUT2D eigenvalue weighted by Gasteiger charge is -2.15. The molecule has 1 aromatic rings. The number of nitrogens with one attached hydrogen (secondary N) is 1. The van der Waals surface area contributed by atoms with Crippen LogP contribution in [0.15, 0.2) is 6.07 Å². The van der Waals surface area contributed by atoms with Gasteiger partial charge < -0.3 is 15.8 Å². The Hall–Kier alpha value is -1.36. The number of rotatable bonds is 8. The van der Waals surface area contributed by atoms with E-state index in [0.717, 1.165) is 31.6 Å². The molecule has 0 bridgehead atoms. The van der Waals surface area contributed by atoms with Crippen LogP contribution in [0.3, 0.4) is 0 Å². The van der Waals surface area contributed by atoms with Crippen molar-refractivity contribution in [3.63, 3.8) is 0 Å². The number of anilines is 1. The van der Waals surface area contributed by atoms with Crippen LogP contribution in [-0.4, -0.2) is 29.2 Å². The first kappa shape index (κ1) is 15.7. The van der Waals surface area contributed by atoms with Gasteiger partial charge in [-0.05, 0) is 39.7 Å². The molecule has 5 heteroatoms. The van der Waals surface area contributed by atoms with Crippen molar-refractivity contribution >= 4 is 5.95 Å². The maximum Gasteiger partial charge on any atom is 0.226 e. The fraction of sp³-hybridized carbons (Fsp3) is 0.714. The second kappa shape index (κ2) is 7.94. The van der Waals surface area contributed by atoms with Crippen molar-refractivity contribution in [1.82, 2.24) is 9.97 Å². The highest BCUT2D eigenvalue weighted by Crippen LogP contribution is 2.15. The third-order valence-corrected chi connectivity index (χ3v) is 2.89. The average Bonchev–Trinajstić information content (AvgIpc) is 2.33. The van der Waals surface area contributed by atoms with E-state index < -0.39 is 0 Å². The molecule has 0 saturated carbocycles. The Morgan fingerprint density at radius 2 is 2.11 bits per heavy atom. The number of nitrogens with zero attached hydrogens (tertiary/aromatic N) is 2. The van der Waals surface area contributed by atoms with E-state index in [1.165, 1.54) is 0 Å². The number of hydrogen-bond acceptors (Lipinski definition) is 5. The van der Waals surface area contributed by atoms with Gasteiger partial charge in [0.1, 0.15) is 0 Å². The van der Waals surface area contributed by atoms with Gasteiger partial charge >= 0.3 is 0 Å². The summed E-state index contributed by atoms with van der Waals surface area (Å²) in [6, 6.07) is 1.85. The van der Waals surface area contributed by atoms with Crippen molar-refractivity contribution < 1.29 is 4.74 Å². The summed E-state index contributed by atoms with van der Waals surface area (Å²) in [4.78, 5) is 8.74. The Morgan fingerprint density at radius 1 is 1.37 bits per heavy atom. The molecule has 0 aliphatic rings. The fourth-order valence-electron chi connectivity index (χ4n) is 1.84. The molecule has 0 amide bonds. The van der Waals surface area contributed by atoms with Crippen LogP contribution in [0, 0.1) is 12.8 Å². The SMILES string of the molecule is CCC(CCN)CNc1nc(C)cc(OC(C)C)n1. The van der Waals surface area contributed by atoms with Gasteiger partial charge in [0.25, 0.3) is 0 Å². The maximum absolute atomic E-state index is 5.61. The van der Waals surface area contributed by atoms with Crippen molar-refractivity contribution in [2.75, 3.05) is 18.4 Å². The monoisotopic (exact) mass is 266 g/mol. The zero-order valence-electron chi connectivity index (χ0n) is 12.4. The molecular formula is C14H26N4O. The first-order valence-electron chi connectivity index (χ1n) is 7.01. The van der Waals surface area contributed by atoms with Gasteiger partial charge in [-0.1, -0.05) is 13.3 Å². The van der Waals surface area contributed by atoms with Crippen molar-refractivity contribution in [1.29, 1.82) is 0 Å². The van der Waals surface area contributed by atoms with Crippen LogP contribution in [0.5, 0.6) is 5.88 Å². The summed E-state index contributed by atoms with van der Waals surface area (Å²) in [7, 11) is 0. The van der Waals surface area contributed by atoms with Crippen LogP contribution in [0.2, 0.25) is 0 Å². The number of ether oxygens (including phenoxy) is 1. The lowest BCUT2D eigenvalue weighted by atomic mass is 10.0. The van der Waals surface area contributed by atoms with E-state index in [-0.39, 0.29) is 6.10 Å². The largest absolute Gasteiger partial charge is 0.475 e. The molecule has 0 aliphatic carbocycles. The van der Waals surface area contributed by atoms with Crippen molar-refractivity contribution in [2.24, 2.45) is 11.7 Å². The summed E-state index contributed by atoms with van der Waals surface area (Å²) in [5, 5.41) is 3.28. The van der Waals surface area contributed by atoms with Gasteiger partial charge in [0.2, 0.25) is 11.8 Å².